The van der Waals surface area contributed by atoms with E-state index < -0.39 is 5.91 Å². The highest BCUT2D eigenvalue weighted by Crippen LogP contribution is 2.50. The fourth-order valence-corrected chi connectivity index (χ4v) is 4.43. The Morgan fingerprint density at radius 3 is 2.93 bits per heavy atom. The Kier molecular flexibility index (Phi) is 5.37. The molecule has 2 aliphatic rings. The van der Waals surface area contributed by atoms with Crippen LogP contribution in [-0.2, 0) is 4.79 Å². The fourth-order valence-electron chi connectivity index (χ4n) is 4.18. The number of halogens is 1. The maximum absolute atomic E-state index is 11.5. The Labute approximate surface area is 175 Å². The van der Waals surface area contributed by atoms with Crippen LogP contribution in [0.1, 0.15) is 48.4 Å². The van der Waals surface area contributed by atoms with Crippen LogP contribution in [0.4, 0.5) is 5.69 Å². The maximum atomic E-state index is 11.5. The highest BCUT2D eigenvalue weighted by Gasteiger charge is 2.38. The van der Waals surface area contributed by atoms with Gasteiger partial charge in [-0.05, 0) is 54.2 Å². The van der Waals surface area contributed by atoms with Gasteiger partial charge in [0, 0.05) is 16.6 Å². The molecule has 0 fully saturated rings. The second-order valence-corrected chi connectivity index (χ2v) is 7.77. The number of amides is 1. The van der Waals surface area contributed by atoms with E-state index in [0.29, 0.717) is 17.5 Å². The van der Waals surface area contributed by atoms with Crippen molar-refractivity contribution in [3.63, 3.8) is 0 Å². The number of rotatable bonds is 4. The Balaban J connectivity index is 1.64. The third-order valence-electron chi connectivity index (χ3n) is 5.61. The van der Waals surface area contributed by atoms with Crippen molar-refractivity contribution in [2.75, 3.05) is 5.32 Å². The predicted octanol–water partition coefficient (Wildman–Crippen LogP) is 4.92. The monoisotopic (exact) mass is 404 g/mol. The Bertz CT molecular complexity index is 1050. The lowest BCUT2D eigenvalue weighted by Crippen LogP contribution is -2.29. The number of nitrogens with zero attached hydrogens (tertiary/aromatic N) is 2. The Morgan fingerprint density at radius 2 is 2.14 bits per heavy atom. The molecule has 2 N–H and O–H groups in total. The van der Waals surface area contributed by atoms with E-state index in [2.05, 4.69) is 46.2 Å². The standard InChI is InChI=1S/C23H21ClN4O/c1-14(27-28-22(29)11-12-25)15-9-10-21-19(13-15)16-6-4-7-17(16)23(26-21)18-5-2-3-8-20(18)24/h2-6,8-10,13,16-17,23,26H,7,11H2,1H3,(H,28,29)/b27-14-/t16-,17+,23+/m1/s1. The first-order chi connectivity index (χ1) is 14.1. The van der Waals surface area contributed by atoms with Gasteiger partial charge in [-0.25, -0.2) is 5.43 Å². The number of hydrogen-bond donors (Lipinski definition) is 2. The third kappa shape index (κ3) is 3.76. The topological polar surface area (TPSA) is 77.3 Å². The quantitative estimate of drug-likeness (QED) is 0.431. The lowest BCUT2D eigenvalue weighted by Gasteiger charge is -2.38. The molecule has 3 atom stereocenters. The van der Waals surface area contributed by atoms with Crippen LogP contribution >= 0.6 is 11.6 Å². The number of allylic oxidation sites excluding steroid dienone is 2. The van der Waals surface area contributed by atoms with Crippen molar-refractivity contribution < 1.29 is 4.79 Å². The van der Waals surface area contributed by atoms with E-state index in [4.69, 9.17) is 16.9 Å². The average Bonchev–Trinajstić information content (AvgIpc) is 3.22. The summed E-state index contributed by atoms with van der Waals surface area (Å²) in [4.78, 5) is 11.5. The van der Waals surface area contributed by atoms with Gasteiger partial charge in [0.15, 0.2) is 0 Å². The second kappa shape index (κ2) is 8.10. The molecule has 0 unspecified atom stereocenters. The van der Waals surface area contributed by atoms with Gasteiger partial charge >= 0.3 is 0 Å². The molecule has 0 bridgehead atoms. The molecular formula is C23H21ClN4O. The minimum Gasteiger partial charge on any atom is -0.378 e. The summed E-state index contributed by atoms with van der Waals surface area (Å²) < 4.78 is 0. The molecule has 1 aliphatic carbocycles. The van der Waals surface area contributed by atoms with Crippen LogP contribution in [0.5, 0.6) is 0 Å². The number of nitrogens with one attached hydrogen (secondary N) is 2. The van der Waals surface area contributed by atoms with Gasteiger partial charge in [-0.15, -0.1) is 0 Å². The molecule has 1 amide bonds. The largest absolute Gasteiger partial charge is 0.378 e. The number of hydrazone groups is 1. The van der Waals surface area contributed by atoms with Crippen LogP contribution in [0.2, 0.25) is 5.02 Å². The lowest BCUT2D eigenvalue weighted by atomic mass is 9.76. The van der Waals surface area contributed by atoms with Gasteiger partial charge < -0.3 is 5.32 Å². The molecule has 0 radical (unpaired) electrons. The van der Waals surface area contributed by atoms with E-state index in [-0.39, 0.29) is 12.5 Å². The van der Waals surface area contributed by atoms with Gasteiger partial charge in [0.1, 0.15) is 6.42 Å². The molecule has 2 aromatic carbocycles. The van der Waals surface area contributed by atoms with Crippen LogP contribution in [0.3, 0.4) is 0 Å². The zero-order valence-corrected chi connectivity index (χ0v) is 16.8. The van der Waals surface area contributed by atoms with Crippen LogP contribution in [0.15, 0.2) is 59.7 Å². The number of benzene rings is 2. The van der Waals surface area contributed by atoms with Crippen LogP contribution in [-0.4, -0.2) is 11.6 Å². The second-order valence-electron chi connectivity index (χ2n) is 7.37. The summed E-state index contributed by atoms with van der Waals surface area (Å²) in [7, 11) is 0. The predicted molar refractivity (Wildman–Crippen MR) is 115 cm³/mol. The minimum absolute atomic E-state index is 0.155. The molecule has 0 saturated heterocycles. The summed E-state index contributed by atoms with van der Waals surface area (Å²) >= 11 is 6.49. The molecule has 0 spiro atoms. The lowest BCUT2D eigenvalue weighted by molar-refractivity contribution is -0.120. The van der Waals surface area contributed by atoms with E-state index in [0.717, 1.165) is 28.3 Å². The van der Waals surface area contributed by atoms with E-state index >= 15 is 0 Å². The Morgan fingerprint density at radius 1 is 1.31 bits per heavy atom. The molecule has 1 aliphatic heterocycles. The first kappa shape index (κ1) is 19.2. The summed E-state index contributed by atoms with van der Waals surface area (Å²) in [6.07, 6.45) is 5.31. The zero-order chi connectivity index (χ0) is 20.4. The van der Waals surface area contributed by atoms with Gasteiger partial charge in [-0.2, -0.15) is 10.4 Å². The van der Waals surface area contributed by atoms with Crippen LogP contribution < -0.4 is 10.7 Å². The molecule has 6 heteroatoms. The third-order valence-corrected chi connectivity index (χ3v) is 5.95. The average molecular weight is 405 g/mol. The molecule has 4 rings (SSSR count). The van der Waals surface area contributed by atoms with E-state index in [9.17, 15) is 4.79 Å². The maximum Gasteiger partial charge on any atom is 0.254 e. The summed E-state index contributed by atoms with van der Waals surface area (Å²) in [5.41, 5.74) is 7.51. The fraction of sp³-hybridized carbons (Fsp3) is 0.261. The summed E-state index contributed by atoms with van der Waals surface area (Å²) in [6.45, 7) is 1.85. The number of carbonyl (C=O) groups is 1. The van der Waals surface area contributed by atoms with Crippen molar-refractivity contribution in [1.82, 2.24) is 5.43 Å². The first-order valence-electron chi connectivity index (χ1n) is 9.60. The summed E-state index contributed by atoms with van der Waals surface area (Å²) in [5.74, 6) is 0.284. The number of anilines is 1. The molecular weight excluding hydrogens is 384 g/mol. The molecule has 29 heavy (non-hydrogen) atoms. The van der Waals surface area contributed by atoms with Crippen LogP contribution in [0, 0.1) is 17.2 Å². The summed E-state index contributed by atoms with van der Waals surface area (Å²) in [5, 5.41) is 17.2. The Hall–Kier alpha value is -3.10. The first-order valence-corrected chi connectivity index (χ1v) is 9.98. The highest BCUT2D eigenvalue weighted by atomic mass is 35.5. The van der Waals surface area contributed by atoms with Gasteiger partial charge in [0.25, 0.3) is 5.91 Å². The molecule has 146 valence electrons. The number of fused-ring (bicyclic) bond motifs is 3. The van der Waals surface area contributed by atoms with Gasteiger partial charge in [-0.3, -0.25) is 4.79 Å². The molecule has 1 heterocycles. The number of nitriles is 1. The van der Waals surface area contributed by atoms with Crippen LogP contribution in [0.25, 0.3) is 0 Å². The van der Waals surface area contributed by atoms with Gasteiger partial charge in [-0.1, -0.05) is 48.0 Å². The number of carbonyl (C=O) groups excluding carboxylic acids is 1. The van der Waals surface area contributed by atoms with Crippen molar-refractivity contribution in [3.05, 3.63) is 76.3 Å². The molecule has 0 saturated carbocycles. The zero-order valence-electron chi connectivity index (χ0n) is 16.0. The van der Waals surface area contributed by atoms with Gasteiger partial charge in [0.2, 0.25) is 0 Å². The van der Waals surface area contributed by atoms with Crippen molar-refractivity contribution in [1.29, 1.82) is 5.26 Å². The minimum atomic E-state index is -0.409. The van der Waals surface area contributed by atoms with Crippen molar-refractivity contribution in [3.8, 4) is 6.07 Å². The smallest absolute Gasteiger partial charge is 0.254 e. The normalized spacial score (nSPS) is 22.2. The number of hydrogen-bond acceptors (Lipinski definition) is 4. The van der Waals surface area contributed by atoms with Crippen molar-refractivity contribution in [2.45, 2.75) is 31.7 Å². The molecule has 2 aromatic rings. The SMILES string of the molecule is C/C(=N/NC(=O)CC#N)c1ccc2c(c1)[C@@H]1C=CC[C@@H]1[C@@H](c1ccccc1Cl)N2. The molecule has 5 nitrogen and oxygen atoms in total. The van der Waals surface area contributed by atoms with E-state index in [1.165, 1.54) is 5.56 Å². The van der Waals surface area contributed by atoms with E-state index in [1.54, 1.807) is 0 Å². The summed E-state index contributed by atoms with van der Waals surface area (Å²) in [6, 6.07) is 16.2. The van der Waals surface area contributed by atoms with E-state index in [1.807, 2.05) is 37.3 Å². The van der Waals surface area contributed by atoms with Crippen molar-refractivity contribution in [2.24, 2.45) is 11.0 Å². The van der Waals surface area contributed by atoms with Crippen molar-refractivity contribution >= 4 is 28.9 Å². The highest BCUT2D eigenvalue weighted by molar-refractivity contribution is 6.31. The molecule has 0 aromatic heterocycles. The van der Waals surface area contributed by atoms with Gasteiger partial charge in [0.05, 0.1) is 17.8 Å².